The van der Waals surface area contributed by atoms with Crippen molar-refractivity contribution in [1.29, 1.82) is 0 Å². The van der Waals surface area contributed by atoms with Gasteiger partial charge in [-0.1, -0.05) is 6.07 Å². The fourth-order valence-electron chi connectivity index (χ4n) is 1.37. The molecular weight excluding hydrogens is 325 g/mol. The molecule has 0 heterocycles. The number of carbonyl (C=O) groups is 3. The van der Waals surface area contributed by atoms with Crippen LogP contribution in [0.5, 0.6) is 0 Å². The van der Waals surface area contributed by atoms with Gasteiger partial charge in [-0.05, 0) is 28.1 Å². The summed E-state index contributed by atoms with van der Waals surface area (Å²) in [5, 5.41) is 17.3. The van der Waals surface area contributed by atoms with E-state index in [4.69, 9.17) is 10.2 Å². The van der Waals surface area contributed by atoms with E-state index in [1.165, 1.54) is 12.1 Å². The molecule has 1 amide bonds. The van der Waals surface area contributed by atoms with Gasteiger partial charge in [-0.15, -0.1) is 0 Å². The van der Waals surface area contributed by atoms with Crippen LogP contribution in [0.15, 0.2) is 22.7 Å². The van der Waals surface area contributed by atoms with Crippen LogP contribution in [0.1, 0.15) is 10.4 Å². The van der Waals surface area contributed by atoms with Crippen LogP contribution in [0.25, 0.3) is 0 Å². The molecule has 0 aliphatic carbocycles. The minimum atomic E-state index is -1.36. The number of rotatable bonds is 5. The van der Waals surface area contributed by atoms with Crippen molar-refractivity contribution in [2.24, 2.45) is 0 Å². The van der Waals surface area contributed by atoms with Crippen LogP contribution < -0.4 is 0 Å². The van der Waals surface area contributed by atoms with E-state index in [0.29, 0.717) is 4.90 Å². The minimum absolute atomic E-state index is 0.137. The van der Waals surface area contributed by atoms with Crippen molar-refractivity contribution in [1.82, 2.24) is 4.90 Å². The zero-order valence-corrected chi connectivity index (χ0v) is 11.1. The highest BCUT2D eigenvalue weighted by Gasteiger charge is 2.23. The topological polar surface area (TPSA) is 94.9 Å². The second-order valence-corrected chi connectivity index (χ2v) is 4.34. The van der Waals surface area contributed by atoms with Crippen molar-refractivity contribution in [3.05, 3.63) is 34.1 Å². The summed E-state index contributed by atoms with van der Waals surface area (Å²) in [6, 6.07) is 3.65. The quantitative estimate of drug-likeness (QED) is 0.844. The van der Waals surface area contributed by atoms with Gasteiger partial charge in [0, 0.05) is 0 Å². The Kier molecular flexibility index (Phi) is 4.99. The zero-order chi connectivity index (χ0) is 14.6. The van der Waals surface area contributed by atoms with Crippen LogP contribution in [0.2, 0.25) is 0 Å². The molecule has 0 aromatic heterocycles. The predicted molar refractivity (Wildman–Crippen MR) is 65.3 cm³/mol. The molecule has 1 rings (SSSR count). The number of carbonyl (C=O) groups excluding carboxylic acids is 1. The Labute approximate surface area is 115 Å². The number of aliphatic carboxylic acids is 2. The highest BCUT2D eigenvalue weighted by atomic mass is 79.9. The zero-order valence-electron chi connectivity index (χ0n) is 9.47. The highest BCUT2D eigenvalue weighted by molar-refractivity contribution is 9.10. The van der Waals surface area contributed by atoms with E-state index in [2.05, 4.69) is 15.9 Å². The SMILES string of the molecule is O=C(O)CN(CC(=O)O)C(=O)c1cccc(F)c1Br. The lowest BCUT2D eigenvalue weighted by molar-refractivity contribution is -0.140. The van der Waals surface area contributed by atoms with Gasteiger partial charge in [-0.3, -0.25) is 14.4 Å². The predicted octanol–water partition coefficient (Wildman–Crippen LogP) is 1.20. The Hall–Kier alpha value is -1.96. The molecule has 102 valence electrons. The molecule has 0 spiro atoms. The first kappa shape index (κ1) is 15.1. The van der Waals surface area contributed by atoms with E-state index in [-0.39, 0.29) is 10.0 Å². The minimum Gasteiger partial charge on any atom is -0.480 e. The van der Waals surface area contributed by atoms with E-state index < -0.39 is 36.8 Å². The Bertz CT molecular complexity index is 518. The molecule has 19 heavy (non-hydrogen) atoms. The normalized spacial score (nSPS) is 10.0. The summed E-state index contributed by atoms with van der Waals surface area (Å²) in [6.45, 7) is -1.57. The standard InChI is InChI=1S/C11H9BrFNO5/c12-10-6(2-1-3-7(10)13)11(19)14(4-8(15)16)5-9(17)18/h1-3H,4-5H2,(H,15,16)(H,17,18). The Morgan fingerprint density at radius 3 is 2.16 bits per heavy atom. The molecule has 8 heteroatoms. The van der Waals surface area contributed by atoms with Crippen molar-refractivity contribution in [3.63, 3.8) is 0 Å². The van der Waals surface area contributed by atoms with Gasteiger partial charge in [-0.2, -0.15) is 0 Å². The van der Waals surface area contributed by atoms with Crippen molar-refractivity contribution < 1.29 is 29.0 Å². The number of hydrogen-bond acceptors (Lipinski definition) is 3. The molecule has 2 N–H and O–H groups in total. The molecule has 0 radical (unpaired) electrons. The lowest BCUT2D eigenvalue weighted by Gasteiger charge is -2.19. The molecule has 0 bridgehead atoms. The van der Waals surface area contributed by atoms with E-state index in [9.17, 15) is 18.8 Å². The molecule has 1 aromatic carbocycles. The summed E-state index contributed by atoms with van der Waals surface area (Å²) >= 11 is 2.86. The number of carboxylic acids is 2. The fraction of sp³-hybridized carbons (Fsp3) is 0.182. The number of carboxylic acid groups (broad SMARTS) is 2. The number of benzene rings is 1. The molecule has 0 unspecified atom stereocenters. The number of nitrogens with zero attached hydrogens (tertiary/aromatic N) is 1. The summed E-state index contributed by atoms with van der Waals surface area (Å²) in [4.78, 5) is 33.8. The number of amides is 1. The number of halogens is 2. The molecule has 0 saturated carbocycles. The lowest BCUT2D eigenvalue weighted by atomic mass is 10.2. The lowest BCUT2D eigenvalue weighted by Crippen LogP contribution is -2.39. The van der Waals surface area contributed by atoms with Gasteiger partial charge >= 0.3 is 11.9 Å². The van der Waals surface area contributed by atoms with Crippen molar-refractivity contribution >= 4 is 33.8 Å². The third-order valence-corrected chi connectivity index (χ3v) is 2.93. The van der Waals surface area contributed by atoms with Gasteiger partial charge in [0.05, 0.1) is 10.0 Å². The smallest absolute Gasteiger partial charge is 0.323 e. The molecule has 0 fully saturated rings. The summed E-state index contributed by atoms with van der Waals surface area (Å²) in [6.07, 6.45) is 0. The first-order valence-electron chi connectivity index (χ1n) is 4.99. The maximum Gasteiger partial charge on any atom is 0.323 e. The van der Waals surface area contributed by atoms with Crippen molar-refractivity contribution in [2.45, 2.75) is 0 Å². The van der Waals surface area contributed by atoms with Gasteiger partial charge in [0.2, 0.25) is 0 Å². The van der Waals surface area contributed by atoms with Crippen molar-refractivity contribution in [2.75, 3.05) is 13.1 Å². The fourth-order valence-corrected chi connectivity index (χ4v) is 1.80. The molecular formula is C11H9BrFNO5. The van der Waals surface area contributed by atoms with Crippen LogP contribution in [0, 0.1) is 5.82 Å². The molecule has 6 nitrogen and oxygen atoms in total. The summed E-state index contributed by atoms with van der Waals surface area (Å²) in [5.74, 6) is -4.29. The first-order valence-corrected chi connectivity index (χ1v) is 5.79. The molecule has 0 aliphatic rings. The molecule has 0 saturated heterocycles. The Balaban J connectivity index is 3.07. The van der Waals surface area contributed by atoms with Crippen LogP contribution in [0.4, 0.5) is 4.39 Å². The van der Waals surface area contributed by atoms with Gasteiger partial charge in [0.25, 0.3) is 5.91 Å². The third-order valence-electron chi connectivity index (χ3n) is 2.12. The van der Waals surface area contributed by atoms with E-state index in [0.717, 1.165) is 6.07 Å². The number of hydrogen-bond donors (Lipinski definition) is 2. The molecule has 0 atom stereocenters. The average molecular weight is 334 g/mol. The van der Waals surface area contributed by atoms with Gasteiger partial charge in [0.1, 0.15) is 18.9 Å². The van der Waals surface area contributed by atoms with Crippen LogP contribution in [0.3, 0.4) is 0 Å². The van der Waals surface area contributed by atoms with Gasteiger partial charge in [-0.25, -0.2) is 4.39 Å². The maximum atomic E-state index is 13.3. The second-order valence-electron chi connectivity index (χ2n) is 3.55. The first-order chi connectivity index (χ1) is 8.82. The van der Waals surface area contributed by atoms with E-state index in [1.54, 1.807) is 0 Å². The average Bonchev–Trinajstić information content (AvgIpc) is 2.30. The largest absolute Gasteiger partial charge is 0.480 e. The van der Waals surface area contributed by atoms with E-state index in [1.807, 2.05) is 0 Å². The monoisotopic (exact) mass is 333 g/mol. The summed E-state index contributed by atoms with van der Waals surface area (Å²) in [7, 11) is 0. The van der Waals surface area contributed by atoms with Gasteiger partial charge < -0.3 is 15.1 Å². The van der Waals surface area contributed by atoms with Crippen molar-refractivity contribution in [3.8, 4) is 0 Å². The summed E-state index contributed by atoms with van der Waals surface area (Å²) in [5.41, 5.74) is -0.137. The summed E-state index contributed by atoms with van der Waals surface area (Å²) < 4.78 is 13.1. The maximum absolute atomic E-state index is 13.3. The Morgan fingerprint density at radius 1 is 1.16 bits per heavy atom. The highest BCUT2D eigenvalue weighted by Crippen LogP contribution is 2.21. The van der Waals surface area contributed by atoms with Gasteiger partial charge in [0.15, 0.2) is 0 Å². The molecule has 1 aromatic rings. The van der Waals surface area contributed by atoms with E-state index >= 15 is 0 Å². The molecule has 0 aliphatic heterocycles. The van der Waals surface area contributed by atoms with Crippen LogP contribution in [-0.4, -0.2) is 46.0 Å². The van der Waals surface area contributed by atoms with Crippen LogP contribution >= 0.6 is 15.9 Å². The Morgan fingerprint density at radius 2 is 1.68 bits per heavy atom. The van der Waals surface area contributed by atoms with Crippen LogP contribution in [-0.2, 0) is 9.59 Å². The second kappa shape index (κ2) is 6.28. The third kappa shape index (κ3) is 4.02.